The summed E-state index contributed by atoms with van der Waals surface area (Å²) in [4.78, 5) is 11.4. The molecule has 0 spiro atoms. The van der Waals surface area contributed by atoms with Crippen molar-refractivity contribution in [2.45, 2.75) is 45.3 Å². The van der Waals surface area contributed by atoms with E-state index in [1.54, 1.807) is 0 Å². The Kier molecular flexibility index (Phi) is 3.48. The average molecular weight is 183 g/mol. The molecule has 0 atom stereocenters. The summed E-state index contributed by atoms with van der Waals surface area (Å²) >= 11 is 0. The molecule has 1 aliphatic carbocycles. The first kappa shape index (κ1) is 10.3. The molecule has 2 N–H and O–H groups in total. The number of nitrogens with one attached hydrogen (secondary N) is 1. The molecule has 0 unspecified atom stereocenters. The highest BCUT2D eigenvalue weighted by molar-refractivity contribution is 5.92. The molecule has 0 bridgehead atoms. The summed E-state index contributed by atoms with van der Waals surface area (Å²) in [6.07, 6.45) is 3.98. The van der Waals surface area contributed by atoms with Gasteiger partial charge in [-0.1, -0.05) is 13.0 Å². The summed E-state index contributed by atoms with van der Waals surface area (Å²) in [6.45, 7) is 3.82. The van der Waals surface area contributed by atoms with Gasteiger partial charge in [-0.25, -0.2) is 0 Å². The van der Waals surface area contributed by atoms with Crippen LogP contribution in [0.2, 0.25) is 0 Å². The van der Waals surface area contributed by atoms with Crippen molar-refractivity contribution in [3.63, 3.8) is 0 Å². The molecule has 0 aliphatic heterocycles. The van der Waals surface area contributed by atoms with Crippen LogP contribution >= 0.6 is 0 Å². The zero-order valence-electron chi connectivity index (χ0n) is 8.21. The standard InChI is InChI=1S/C10H17NO2/c1-3-4-7(2)10(13)11-8-5-9(12)6-8/h4,8-9,12H,3,5-6H2,1-2H3,(H,11,13). The van der Waals surface area contributed by atoms with Crippen molar-refractivity contribution in [2.75, 3.05) is 0 Å². The summed E-state index contributed by atoms with van der Waals surface area (Å²) in [5, 5.41) is 11.9. The molecular weight excluding hydrogens is 166 g/mol. The molecular formula is C10H17NO2. The highest BCUT2D eigenvalue weighted by atomic mass is 16.3. The topological polar surface area (TPSA) is 49.3 Å². The number of aliphatic hydroxyl groups excluding tert-OH is 1. The van der Waals surface area contributed by atoms with Gasteiger partial charge < -0.3 is 10.4 Å². The van der Waals surface area contributed by atoms with Crippen LogP contribution in [0.3, 0.4) is 0 Å². The number of amides is 1. The normalized spacial score (nSPS) is 28.1. The van der Waals surface area contributed by atoms with E-state index in [2.05, 4.69) is 5.32 Å². The average Bonchev–Trinajstić information content (AvgIpc) is 2.02. The van der Waals surface area contributed by atoms with Crippen molar-refractivity contribution in [3.8, 4) is 0 Å². The van der Waals surface area contributed by atoms with Crippen LogP contribution in [-0.4, -0.2) is 23.2 Å². The van der Waals surface area contributed by atoms with E-state index in [-0.39, 0.29) is 18.1 Å². The highest BCUT2D eigenvalue weighted by Crippen LogP contribution is 2.19. The molecule has 1 fully saturated rings. The fourth-order valence-electron chi connectivity index (χ4n) is 1.40. The molecule has 3 heteroatoms. The smallest absolute Gasteiger partial charge is 0.246 e. The van der Waals surface area contributed by atoms with E-state index in [0.29, 0.717) is 12.8 Å². The van der Waals surface area contributed by atoms with E-state index in [1.807, 2.05) is 19.9 Å². The Morgan fingerprint density at radius 3 is 2.69 bits per heavy atom. The molecule has 0 heterocycles. The maximum atomic E-state index is 11.4. The molecule has 0 radical (unpaired) electrons. The Bertz CT molecular complexity index is 217. The van der Waals surface area contributed by atoms with Crippen LogP contribution in [0.5, 0.6) is 0 Å². The van der Waals surface area contributed by atoms with E-state index >= 15 is 0 Å². The zero-order chi connectivity index (χ0) is 9.84. The van der Waals surface area contributed by atoms with E-state index < -0.39 is 0 Å². The lowest BCUT2D eigenvalue weighted by Gasteiger charge is -2.32. The van der Waals surface area contributed by atoms with Gasteiger partial charge in [-0.05, 0) is 26.2 Å². The monoisotopic (exact) mass is 183 g/mol. The molecule has 3 nitrogen and oxygen atoms in total. The van der Waals surface area contributed by atoms with Gasteiger partial charge in [0.2, 0.25) is 5.91 Å². The van der Waals surface area contributed by atoms with Crippen molar-refractivity contribution in [1.29, 1.82) is 0 Å². The quantitative estimate of drug-likeness (QED) is 0.641. The molecule has 1 amide bonds. The minimum atomic E-state index is -0.208. The second-order valence-corrected chi connectivity index (χ2v) is 3.59. The van der Waals surface area contributed by atoms with Gasteiger partial charge in [-0.3, -0.25) is 4.79 Å². The minimum Gasteiger partial charge on any atom is -0.393 e. The van der Waals surface area contributed by atoms with Gasteiger partial charge in [0, 0.05) is 11.6 Å². The summed E-state index contributed by atoms with van der Waals surface area (Å²) in [7, 11) is 0. The lowest BCUT2D eigenvalue weighted by atomic mass is 9.89. The third kappa shape index (κ3) is 2.84. The molecule has 74 valence electrons. The van der Waals surface area contributed by atoms with Crippen molar-refractivity contribution in [3.05, 3.63) is 11.6 Å². The van der Waals surface area contributed by atoms with Crippen LogP contribution < -0.4 is 5.32 Å². The Labute approximate surface area is 78.8 Å². The molecule has 13 heavy (non-hydrogen) atoms. The first-order chi connectivity index (χ1) is 6.13. The summed E-state index contributed by atoms with van der Waals surface area (Å²) in [6, 6.07) is 0.183. The number of carbonyl (C=O) groups is 1. The lowest BCUT2D eigenvalue weighted by Crippen LogP contribution is -2.46. The van der Waals surface area contributed by atoms with Gasteiger partial charge in [-0.15, -0.1) is 0 Å². The zero-order valence-corrected chi connectivity index (χ0v) is 8.21. The second-order valence-electron chi connectivity index (χ2n) is 3.59. The SMILES string of the molecule is CCC=C(C)C(=O)NC1CC(O)C1. The van der Waals surface area contributed by atoms with Crippen molar-refractivity contribution >= 4 is 5.91 Å². The van der Waals surface area contributed by atoms with E-state index in [0.717, 1.165) is 12.0 Å². The van der Waals surface area contributed by atoms with E-state index in [1.165, 1.54) is 0 Å². The second kappa shape index (κ2) is 4.42. The third-order valence-electron chi connectivity index (χ3n) is 2.32. The molecule has 0 aromatic rings. The number of hydrogen-bond donors (Lipinski definition) is 2. The van der Waals surface area contributed by atoms with Crippen LogP contribution in [0.4, 0.5) is 0 Å². The predicted octanol–water partition coefficient (Wildman–Crippen LogP) is 0.982. The van der Waals surface area contributed by atoms with Gasteiger partial charge in [0.1, 0.15) is 0 Å². The van der Waals surface area contributed by atoms with Crippen molar-refractivity contribution in [2.24, 2.45) is 0 Å². The fourth-order valence-corrected chi connectivity index (χ4v) is 1.40. The first-order valence-electron chi connectivity index (χ1n) is 4.79. The Morgan fingerprint density at radius 2 is 2.23 bits per heavy atom. The first-order valence-corrected chi connectivity index (χ1v) is 4.79. The molecule has 1 aliphatic rings. The Hall–Kier alpha value is -0.830. The van der Waals surface area contributed by atoms with E-state index in [9.17, 15) is 4.79 Å². The van der Waals surface area contributed by atoms with Crippen LogP contribution in [-0.2, 0) is 4.79 Å². The number of aliphatic hydroxyl groups is 1. The molecule has 0 aromatic carbocycles. The predicted molar refractivity (Wildman–Crippen MR) is 51.2 cm³/mol. The summed E-state index contributed by atoms with van der Waals surface area (Å²) in [5.41, 5.74) is 0.767. The van der Waals surface area contributed by atoms with Gasteiger partial charge in [0.25, 0.3) is 0 Å². The van der Waals surface area contributed by atoms with Crippen molar-refractivity contribution in [1.82, 2.24) is 5.32 Å². The highest BCUT2D eigenvalue weighted by Gasteiger charge is 2.28. The fraction of sp³-hybridized carbons (Fsp3) is 0.700. The maximum Gasteiger partial charge on any atom is 0.246 e. The number of allylic oxidation sites excluding steroid dienone is 1. The molecule has 0 aromatic heterocycles. The van der Waals surface area contributed by atoms with Crippen LogP contribution in [0.15, 0.2) is 11.6 Å². The number of hydrogen-bond acceptors (Lipinski definition) is 2. The van der Waals surface area contributed by atoms with E-state index in [4.69, 9.17) is 5.11 Å². The molecule has 1 rings (SSSR count). The van der Waals surface area contributed by atoms with Gasteiger partial charge in [-0.2, -0.15) is 0 Å². The maximum absolute atomic E-state index is 11.4. The summed E-state index contributed by atoms with van der Waals surface area (Å²) in [5.74, 6) is -0.00116. The number of carbonyl (C=O) groups excluding carboxylic acids is 1. The van der Waals surface area contributed by atoms with Gasteiger partial charge in [0.15, 0.2) is 0 Å². The van der Waals surface area contributed by atoms with Gasteiger partial charge >= 0.3 is 0 Å². The Morgan fingerprint density at radius 1 is 1.62 bits per heavy atom. The lowest BCUT2D eigenvalue weighted by molar-refractivity contribution is -0.119. The van der Waals surface area contributed by atoms with Crippen LogP contribution in [0.1, 0.15) is 33.1 Å². The molecule has 1 saturated carbocycles. The largest absolute Gasteiger partial charge is 0.393 e. The minimum absolute atomic E-state index is 0.00116. The van der Waals surface area contributed by atoms with Crippen LogP contribution in [0.25, 0.3) is 0 Å². The summed E-state index contributed by atoms with van der Waals surface area (Å²) < 4.78 is 0. The van der Waals surface area contributed by atoms with Gasteiger partial charge in [0.05, 0.1) is 6.10 Å². The number of rotatable bonds is 3. The van der Waals surface area contributed by atoms with Crippen molar-refractivity contribution < 1.29 is 9.90 Å². The molecule has 0 saturated heterocycles. The third-order valence-corrected chi connectivity index (χ3v) is 2.32. The van der Waals surface area contributed by atoms with Crippen LogP contribution in [0, 0.1) is 0 Å². The Balaban J connectivity index is 2.29.